The predicted octanol–water partition coefficient (Wildman–Crippen LogP) is 1.04. The van der Waals surface area contributed by atoms with Crippen LogP contribution in [-0.4, -0.2) is 74.7 Å². The van der Waals surface area contributed by atoms with Crippen molar-refractivity contribution in [3.63, 3.8) is 0 Å². The Hall–Kier alpha value is -2.71. The van der Waals surface area contributed by atoms with Crippen LogP contribution >= 0.6 is 0 Å². The first-order chi connectivity index (χ1) is 14.8. The van der Waals surface area contributed by atoms with Gasteiger partial charge in [0, 0.05) is 19.6 Å². The Morgan fingerprint density at radius 1 is 1.32 bits per heavy atom. The molecule has 3 aliphatic heterocycles. The Morgan fingerprint density at radius 3 is 2.65 bits per heavy atom. The third kappa shape index (κ3) is 3.16. The summed E-state index contributed by atoms with van der Waals surface area (Å²) in [5.74, 6) is -3.79. The molecule has 2 unspecified atom stereocenters. The van der Waals surface area contributed by atoms with Gasteiger partial charge in [-0.05, 0) is 25.3 Å². The van der Waals surface area contributed by atoms with Crippen molar-refractivity contribution in [1.29, 1.82) is 0 Å². The maximum absolute atomic E-state index is 13.9. The lowest BCUT2D eigenvalue weighted by Gasteiger charge is -2.36. The Morgan fingerprint density at radius 2 is 2.03 bits per heavy atom. The van der Waals surface area contributed by atoms with Crippen molar-refractivity contribution in [1.82, 2.24) is 9.80 Å². The van der Waals surface area contributed by atoms with Crippen molar-refractivity contribution in [3.05, 3.63) is 48.6 Å². The number of rotatable bonds is 8. The van der Waals surface area contributed by atoms with Crippen LogP contribution in [0.3, 0.4) is 0 Å². The molecule has 166 valence electrons. The second-order valence-electron chi connectivity index (χ2n) is 8.81. The molecule has 2 N–H and O–H groups in total. The summed E-state index contributed by atoms with van der Waals surface area (Å²) in [5, 5.41) is 19.5. The third-order valence-electron chi connectivity index (χ3n) is 6.99. The first-order valence-corrected chi connectivity index (χ1v) is 10.6. The average Bonchev–Trinajstić information content (AvgIpc) is 3.30. The number of carbonyl (C=O) groups excluding carboxylic acids is 2. The van der Waals surface area contributed by atoms with Crippen molar-refractivity contribution in [2.75, 3.05) is 19.7 Å². The van der Waals surface area contributed by atoms with E-state index in [1.165, 1.54) is 4.90 Å². The van der Waals surface area contributed by atoms with Crippen molar-refractivity contribution >= 4 is 17.8 Å². The van der Waals surface area contributed by atoms with Crippen LogP contribution in [0.15, 0.2) is 43.0 Å². The molecular formula is C23H28N2O6. The molecule has 8 nitrogen and oxygen atoms in total. The van der Waals surface area contributed by atoms with Crippen LogP contribution in [0.5, 0.6) is 0 Å². The molecule has 0 aromatic heterocycles. The number of carboxylic acid groups (broad SMARTS) is 1. The Bertz CT molecular complexity index is 905. The van der Waals surface area contributed by atoms with Gasteiger partial charge in [0.1, 0.15) is 11.6 Å². The molecule has 8 heteroatoms. The molecule has 2 amide bonds. The van der Waals surface area contributed by atoms with Gasteiger partial charge in [-0.1, -0.05) is 36.4 Å². The van der Waals surface area contributed by atoms with Crippen molar-refractivity contribution in [3.8, 4) is 0 Å². The van der Waals surface area contributed by atoms with Crippen LogP contribution in [0.2, 0.25) is 0 Å². The minimum atomic E-state index is -1.20. The normalized spacial score (nSPS) is 33.4. The number of aliphatic hydroxyl groups is 1. The zero-order valence-corrected chi connectivity index (χ0v) is 17.6. The van der Waals surface area contributed by atoms with E-state index in [1.807, 2.05) is 30.3 Å². The van der Waals surface area contributed by atoms with E-state index in [4.69, 9.17) is 4.74 Å². The molecule has 3 saturated heterocycles. The summed E-state index contributed by atoms with van der Waals surface area (Å²) in [6.45, 7) is 5.69. The molecule has 2 bridgehead atoms. The van der Waals surface area contributed by atoms with Crippen LogP contribution in [0, 0.1) is 11.8 Å². The van der Waals surface area contributed by atoms with E-state index in [0.717, 1.165) is 5.56 Å². The molecule has 0 saturated carbocycles. The molecule has 1 aromatic rings. The molecule has 1 aromatic carbocycles. The second kappa shape index (κ2) is 7.76. The lowest BCUT2D eigenvalue weighted by atomic mass is 9.66. The highest BCUT2D eigenvalue weighted by molar-refractivity contribution is 5.98. The zero-order chi connectivity index (χ0) is 22.4. The van der Waals surface area contributed by atoms with E-state index in [9.17, 15) is 24.6 Å². The summed E-state index contributed by atoms with van der Waals surface area (Å²) in [6, 6.07) is 8.51. The number of aliphatic carboxylic acids is 1. The second-order valence-corrected chi connectivity index (χ2v) is 8.81. The van der Waals surface area contributed by atoms with Gasteiger partial charge in [-0.15, -0.1) is 6.58 Å². The van der Waals surface area contributed by atoms with Crippen LogP contribution in [0.4, 0.5) is 0 Å². The average molecular weight is 428 g/mol. The number of hydrogen-bond acceptors (Lipinski definition) is 5. The number of aliphatic hydroxyl groups excluding tert-OH is 1. The van der Waals surface area contributed by atoms with Gasteiger partial charge in [-0.3, -0.25) is 14.4 Å². The highest BCUT2D eigenvalue weighted by Gasteiger charge is 2.78. The quantitative estimate of drug-likeness (QED) is 0.599. The van der Waals surface area contributed by atoms with Crippen LogP contribution < -0.4 is 0 Å². The van der Waals surface area contributed by atoms with Gasteiger partial charge < -0.3 is 24.7 Å². The monoisotopic (exact) mass is 428 g/mol. The van der Waals surface area contributed by atoms with Gasteiger partial charge in [0.05, 0.1) is 24.0 Å². The number of carboxylic acids is 1. The summed E-state index contributed by atoms with van der Waals surface area (Å²) in [5.41, 5.74) is -1.26. The van der Waals surface area contributed by atoms with Crippen LogP contribution in [0.1, 0.15) is 25.3 Å². The predicted molar refractivity (Wildman–Crippen MR) is 111 cm³/mol. The number of nitrogens with zero attached hydrogens (tertiary/aromatic N) is 2. The molecule has 3 fully saturated rings. The molecular weight excluding hydrogens is 400 g/mol. The molecule has 0 radical (unpaired) electrons. The Kier molecular flexibility index (Phi) is 5.39. The highest BCUT2D eigenvalue weighted by Crippen LogP contribution is 2.63. The molecule has 3 heterocycles. The van der Waals surface area contributed by atoms with Gasteiger partial charge >= 0.3 is 5.97 Å². The highest BCUT2D eigenvalue weighted by atomic mass is 16.5. The molecule has 1 spiro atoms. The van der Waals surface area contributed by atoms with Gasteiger partial charge in [-0.25, -0.2) is 0 Å². The number of fused-ring (bicyclic) bond motifs is 1. The summed E-state index contributed by atoms with van der Waals surface area (Å²) in [6.07, 6.45) is 2.51. The van der Waals surface area contributed by atoms with E-state index in [-0.39, 0.29) is 25.6 Å². The molecule has 4 rings (SSSR count). The largest absolute Gasteiger partial charge is 0.481 e. The molecule has 0 aliphatic carbocycles. The fourth-order valence-corrected chi connectivity index (χ4v) is 5.79. The minimum absolute atomic E-state index is 0.0484. The molecule has 31 heavy (non-hydrogen) atoms. The van der Waals surface area contributed by atoms with E-state index in [1.54, 1.807) is 17.9 Å². The van der Waals surface area contributed by atoms with Crippen molar-refractivity contribution in [2.24, 2.45) is 11.8 Å². The van der Waals surface area contributed by atoms with Gasteiger partial charge in [0.25, 0.3) is 0 Å². The summed E-state index contributed by atoms with van der Waals surface area (Å²) in [7, 11) is 0. The van der Waals surface area contributed by atoms with Gasteiger partial charge in [0.15, 0.2) is 0 Å². The lowest BCUT2D eigenvalue weighted by Crippen LogP contribution is -2.56. The van der Waals surface area contributed by atoms with E-state index in [0.29, 0.717) is 19.4 Å². The number of likely N-dealkylation sites (tertiary alicyclic amines) is 1. The number of benzene rings is 1. The smallest absolute Gasteiger partial charge is 0.310 e. The fourth-order valence-electron chi connectivity index (χ4n) is 5.79. The number of β-amino-alcohol motifs (C(OH)–C–C–N with tert-alkyl or cyclic N) is 1. The van der Waals surface area contributed by atoms with Crippen LogP contribution in [-0.2, 0) is 25.7 Å². The number of amides is 2. The van der Waals surface area contributed by atoms with E-state index < -0.39 is 41.0 Å². The Labute approximate surface area is 181 Å². The Balaban J connectivity index is 1.74. The number of hydrogen-bond donors (Lipinski definition) is 2. The topological polar surface area (TPSA) is 107 Å². The third-order valence-corrected chi connectivity index (χ3v) is 6.99. The minimum Gasteiger partial charge on any atom is -0.481 e. The van der Waals surface area contributed by atoms with E-state index in [2.05, 4.69) is 6.58 Å². The van der Waals surface area contributed by atoms with Crippen molar-refractivity contribution < 1.29 is 29.3 Å². The van der Waals surface area contributed by atoms with E-state index >= 15 is 0 Å². The first-order valence-electron chi connectivity index (χ1n) is 10.6. The maximum Gasteiger partial charge on any atom is 0.310 e. The molecule has 5 atom stereocenters. The van der Waals surface area contributed by atoms with Crippen LogP contribution in [0.25, 0.3) is 0 Å². The number of carbonyl (C=O) groups is 3. The van der Waals surface area contributed by atoms with Gasteiger partial charge in [-0.2, -0.15) is 0 Å². The fraction of sp³-hybridized carbons (Fsp3) is 0.522. The SMILES string of the molecule is C=CCN(Cc1ccccc1)C(=O)C1N(CCO)C(=O)[C@@H]2[C@@H](C(=O)O)[C@@]3(C)CCC12O3. The summed E-state index contributed by atoms with van der Waals surface area (Å²) < 4.78 is 6.31. The summed E-state index contributed by atoms with van der Waals surface area (Å²) in [4.78, 5) is 42.2. The maximum atomic E-state index is 13.9. The molecule has 3 aliphatic rings. The van der Waals surface area contributed by atoms with Crippen molar-refractivity contribution in [2.45, 2.75) is 43.6 Å². The zero-order valence-electron chi connectivity index (χ0n) is 17.6. The standard InChI is InChI=1S/C23H28N2O6/c1-3-11-24(14-15-7-5-4-6-8-15)20(28)18-23-10-9-22(2,31-23)17(21(29)30)16(23)19(27)25(18)12-13-26/h3-8,16-18,26H,1,9-14H2,2H3,(H,29,30)/t16-,17-,18?,22+,23?/m0/s1. The van der Waals surface area contributed by atoms with Gasteiger partial charge in [0.2, 0.25) is 11.8 Å². The number of ether oxygens (including phenoxy) is 1. The summed E-state index contributed by atoms with van der Waals surface area (Å²) >= 11 is 0. The first kappa shape index (κ1) is 21.5. The lowest BCUT2D eigenvalue weighted by molar-refractivity contribution is -0.156.